The third kappa shape index (κ3) is 4.88. The molecule has 1 aliphatic heterocycles. The Hall–Kier alpha value is -3.33. The van der Waals surface area contributed by atoms with Crippen molar-refractivity contribution >= 4 is 17.5 Å². The molecule has 0 aliphatic carbocycles. The predicted molar refractivity (Wildman–Crippen MR) is 124 cm³/mol. The summed E-state index contributed by atoms with van der Waals surface area (Å²) in [5, 5.41) is 3.11. The van der Waals surface area contributed by atoms with E-state index >= 15 is 0 Å². The number of imidazole rings is 1. The first-order valence-corrected chi connectivity index (χ1v) is 11.3. The third-order valence-corrected chi connectivity index (χ3v) is 5.96. The number of carbonyl (C=O) groups is 1. The van der Waals surface area contributed by atoms with Crippen LogP contribution in [0.5, 0.6) is 0 Å². The van der Waals surface area contributed by atoms with Crippen molar-refractivity contribution in [2.24, 2.45) is 0 Å². The Kier molecular flexibility index (Phi) is 6.98. The zero-order valence-corrected chi connectivity index (χ0v) is 19.2. The zero-order valence-electron chi connectivity index (χ0n) is 19.2. The van der Waals surface area contributed by atoms with Crippen LogP contribution >= 0.6 is 0 Å². The molecule has 174 valence electrons. The lowest BCUT2D eigenvalue weighted by atomic mass is 10.1. The number of halogens is 1. The number of nitrogens with one attached hydrogen (secondary N) is 1. The molecule has 8 nitrogen and oxygen atoms in total. The summed E-state index contributed by atoms with van der Waals surface area (Å²) in [6, 6.07) is 7.30. The van der Waals surface area contributed by atoms with Crippen LogP contribution in [0.15, 0.2) is 36.7 Å². The largest absolute Gasteiger partial charge is 0.381 e. The van der Waals surface area contributed by atoms with Crippen LogP contribution in [0, 0.1) is 12.7 Å². The number of rotatable bonds is 7. The van der Waals surface area contributed by atoms with Crippen molar-refractivity contribution < 1.29 is 13.9 Å². The van der Waals surface area contributed by atoms with Gasteiger partial charge in [-0.05, 0) is 57.9 Å². The second-order valence-corrected chi connectivity index (χ2v) is 7.97. The molecular weight excluding hydrogens is 423 g/mol. The van der Waals surface area contributed by atoms with Gasteiger partial charge in [-0.3, -0.25) is 4.79 Å². The lowest BCUT2D eigenvalue weighted by Crippen LogP contribution is -2.30. The van der Waals surface area contributed by atoms with E-state index in [9.17, 15) is 9.18 Å². The van der Waals surface area contributed by atoms with Gasteiger partial charge in [-0.1, -0.05) is 0 Å². The van der Waals surface area contributed by atoms with E-state index in [1.165, 1.54) is 6.20 Å². The van der Waals surface area contributed by atoms with E-state index in [0.29, 0.717) is 43.2 Å². The highest BCUT2D eigenvalue weighted by Gasteiger charge is 2.23. The van der Waals surface area contributed by atoms with E-state index in [1.807, 2.05) is 25.3 Å². The average Bonchev–Trinajstić information content (AvgIpc) is 3.23. The molecule has 1 aromatic carbocycles. The van der Waals surface area contributed by atoms with Crippen molar-refractivity contribution in [3.63, 3.8) is 0 Å². The summed E-state index contributed by atoms with van der Waals surface area (Å²) in [7, 11) is 0. The fourth-order valence-corrected chi connectivity index (χ4v) is 4.16. The van der Waals surface area contributed by atoms with E-state index < -0.39 is 5.82 Å². The van der Waals surface area contributed by atoms with Crippen LogP contribution in [-0.2, 0) is 4.74 Å². The molecule has 3 aromatic rings. The van der Waals surface area contributed by atoms with Gasteiger partial charge >= 0.3 is 0 Å². The zero-order chi connectivity index (χ0) is 23.4. The van der Waals surface area contributed by atoms with E-state index in [2.05, 4.69) is 20.3 Å². The normalized spacial score (nSPS) is 14.3. The summed E-state index contributed by atoms with van der Waals surface area (Å²) in [6.45, 7) is 8.49. The highest BCUT2D eigenvalue weighted by molar-refractivity contribution is 5.94. The van der Waals surface area contributed by atoms with Crippen LogP contribution < -0.4 is 5.32 Å². The number of carbonyl (C=O) groups excluding carboxylic acids is 1. The number of nitrogens with zero attached hydrogens (tertiary/aromatic N) is 5. The van der Waals surface area contributed by atoms with E-state index in [1.54, 1.807) is 35.4 Å². The molecule has 1 saturated heterocycles. The molecule has 3 heterocycles. The van der Waals surface area contributed by atoms with Crippen LogP contribution in [0.1, 0.15) is 48.9 Å². The maximum absolute atomic E-state index is 14.8. The molecule has 0 unspecified atom stereocenters. The van der Waals surface area contributed by atoms with E-state index in [4.69, 9.17) is 4.74 Å². The fraction of sp³-hybridized carbons (Fsp3) is 0.417. The summed E-state index contributed by atoms with van der Waals surface area (Å²) in [5.41, 5.74) is 2.15. The first-order chi connectivity index (χ1) is 16.0. The number of amides is 1. The van der Waals surface area contributed by atoms with Gasteiger partial charge in [-0.15, -0.1) is 0 Å². The van der Waals surface area contributed by atoms with Gasteiger partial charge < -0.3 is 19.5 Å². The summed E-state index contributed by atoms with van der Waals surface area (Å²) in [4.78, 5) is 27.2. The summed E-state index contributed by atoms with van der Waals surface area (Å²) in [5.74, 6) is 0.571. The Morgan fingerprint density at radius 3 is 2.52 bits per heavy atom. The highest BCUT2D eigenvalue weighted by atomic mass is 19.1. The quantitative estimate of drug-likeness (QED) is 0.573. The number of benzene rings is 1. The number of ether oxygens (including phenoxy) is 1. The summed E-state index contributed by atoms with van der Waals surface area (Å²) in [6.07, 6.45) is 4.52. The molecule has 2 aromatic heterocycles. The number of aryl methyl sites for hydroxylation is 1. The SMILES string of the molecule is CCN(CC)C(=O)c1ccc(Nc2ncc(F)c(-c3cnc(C)n3C3CCOCC3)n2)cc1. The van der Waals surface area contributed by atoms with Crippen LogP contribution in [-0.4, -0.2) is 56.6 Å². The van der Waals surface area contributed by atoms with Crippen molar-refractivity contribution in [3.8, 4) is 11.4 Å². The van der Waals surface area contributed by atoms with Crippen molar-refractivity contribution in [1.29, 1.82) is 0 Å². The van der Waals surface area contributed by atoms with Crippen LogP contribution in [0.25, 0.3) is 11.4 Å². The molecule has 0 bridgehead atoms. The Labute approximate surface area is 192 Å². The summed E-state index contributed by atoms with van der Waals surface area (Å²) < 4.78 is 22.3. The summed E-state index contributed by atoms with van der Waals surface area (Å²) >= 11 is 0. The lowest BCUT2D eigenvalue weighted by molar-refractivity contribution is 0.0694. The first kappa shape index (κ1) is 22.8. The predicted octanol–water partition coefficient (Wildman–Crippen LogP) is 4.36. The Bertz CT molecular complexity index is 1100. The van der Waals surface area contributed by atoms with Crippen LogP contribution in [0.4, 0.5) is 16.0 Å². The minimum absolute atomic E-state index is 0.0105. The Balaban J connectivity index is 1.57. The molecule has 9 heteroatoms. The lowest BCUT2D eigenvalue weighted by Gasteiger charge is -2.26. The van der Waals surface area contributed by atoms with Gasteiger partial charge in [0.25, 0.3) is 5.91 Å². The Morgan fingerprint density at radius 1 is 1.15 bits per heavy atom. The van der Waals surface area contributed by atoms with Crippen molar-refractivity contribution in [2.75, 3.05) is 31.6 Å². The van der Waals surface area contributed by atoms with E-state index in [-0.39, 0.29) is 23.6 Å². The smallest absolute Gasteiger partial charge is 0.253 e. The Morgan fingerprint density at radius 2 is 1.85 bits per heavy atom. The number of anilines is 2. The molecule has 33 heavy (non-hydrogen) atoms. The van der Waals surface area contributed by atoms with Crippen molar-refractivity contribution in [2.45, 2.75) is 39.7 Å². The van der Waals surface area contributed by atoms with Gasteiger partial charge in [0.2, 0.25) is 5.95 Å². The van der Waals surface area contributed by atoms with Gasteiger partial charge in [0, 0.05) is 43.6 Å². The van der Waals surface area contributed by atoms with Gasteiger partial charge in [-0.25, -0.2) is 19.3 Å². The van der Waals surface area contributed by atoms with Gasteiger partial charge in [0.15, 0.2) is 5.82 Å². The van der Waals surface area contributed by atoms with Gasteiger partial charge in [0.05, 0.1) is 18.1 Å². The molecule has 4 rings (SSSR count). The fourth-order valence-electron chi connectivity index (χ4n) is 4.16. The van der Waals surface area contributed by atoms with Gasteiger partial charge in [0.1, 0.15) is 11.5 Å². The maximum atomic E-state index is 14.8. The van der Waals surface area contributed by atoms with E-state index in [0.717, 1.165) is 18.7 Å². The molecule has 0 radical (unpaired) electrons. The molecule has 1 fully saturated rings. The molecule has 1 aliphatic rings. The van der Waals surface area contributed by atoms with Crippen LogP contribution in [0.3, 0.4) is 0 Å². The molecule has 0 atom stereocenters. The topological polar surface area (TPSA) is 85.2 Å². The second kappa shape index (κ2) is 10.1. The number of hydrogen-bond acceptors (Lipinski definition) is 6. The standard InChI is InChI=1S/C24H29FN6O2/c1-4-30(5-2)23(32)17-6-8-18(9-7-17)28-24-27-14-20(25)22(29-24)21-15-26-16(3)31(21)19-10-12-33-13-11-19/h6-9,14-15,19H,4-5,10-13H2,1-3H3,(H,27,28,29). The minimum Gasteiger partial charge on any atom is -0.381 e. The monoisotopic (exact) mass is 452 g/mol. The molecule has 0 spiro atoms. The van der Waals surface area contributed by atoms with Crippen molar-refractivity contribution in [1.82, 2.24) is 24.4 Å². The molecular formula is C24H29FN6O2. The maximum Gasteiger partial charge on any atom is 0.253 e. The third-order valence-electron chi connectivity index (χ3n) is 5.96. The van der Waals surface area contributed by atoms with Crippen molar-refractivity contribution in [3.05, 3.63) is 53.9 Å². The first-order valence-electron chi connectivity index (χ1n) is 11.3. The molecule has 1 amide bonds. The second-order valence-electron chi connectivity index (χ2n) is 7.97. The number of hydrogen-bond donors (Lipinski definition) is 1. The highest BCUT2D eigenvalue weighted by Crippen LogP contribution is 2.31. The minimum atomic E-state index is -0.506. The van der Waals surface area contributed by atoms with Crippen LogP contribution in [0.2, 0.25) is 0 Å². The number of aromatic nitrogens is 4. The van der Waals surface area contributed by atoms with Gasteiger partial charge in [-0.2, -0.15) is 0 Å². The molecule has 1 N–H and O–H groups in total. The average molecular weight is 453 g/mol. The molecule has 0 saturated carbocycles.